The van der Waals surface area contributed by atoms with Crippen LogP contribution in [-0.2, 0) is 21.8 Å². The predicted octanol–water partition coefficient (Wildman–Crippen LogP) is 5.51. The number of nitrogens with zero attached hydrogens (tertiary/aromatic N) is 4. The van der Waals surface area contributed by atoms with E-state index in [1.165, 1.54) is 16.7 Å². The topological polar surface area (TPSA) is 121 Å². The van der Waals surface area contributed by atoms with Gasteiger partial charge in [0.05, 0.1) is 6.61 Å². The van der Waals surface area contributed by atoms with Crippen LogP contribution in [0.4, 0.5) is 4.79 Å². The molecule has 3 aromatic carbocycles. The predicted molar refractivity (Wildman–Crippen MR) is 151 cm³/mol. The molecule has 0 spiro atoms. The van der Waals surface area contributed by atoms with Crippen molar-refractivity contribution >= 4 is 23.8 Å². The number of rotatable bonds is 12. The van der Waals surface area contributed by atoms with Crippen molar-refractivity contribution in [3.8, 4) is 22.5 Å². The molecule has 1 heterocycles. The highest BCUT2D eigenvalue weighted by molar-refractivity contribution is 7.98. The van der Waals surface area contributed by atoms with Gasteiger partial charge in [-0.15, -0.1) is 5.10 Å². The number of hydrogen-bond donors (Lipinski definition) is 2. The second-order valence-corrected chi connectivity index (χ2v) is 10.5. The molecule has 4 rings (SSSR count). The van der Waals surface area contributed by atoms with Crippen molar-refractivity contribution in [1.82, 2.24) is 25.5 Å². The third-order valence-corrected chi connectivity index (χ3v) is 7.06. The molecule has 202 valence electrons. The summed E-state index contributed by atoms with van der Waals surface area (Å²) in [6.07, 6.45) is -0.636. The second-order valence-electron chi connectivity index (χ2n) is 9.45. The molecule has 0 aliphatic carbocycles. The van der Waals surface area contributed by atoms with Crippen molar-refractivity contribution in [3.05, 3.63) is 90.0 Å². The van der Waals surface area contributed by atoms with Gasteiger partial charge in [-0.05, 0) is 38.6 Å². The fraction of sp³-hybridized carbons (Fsp3) is 0.276. The minimum absolute atomic E-state index is 0.105. The van der Waals surface area contributed by atoms with E-state index in [9.17, 15) is 14.7 Å². The lowest BCUT2D eigenvalue weighted by atomic mass is 9.98. The van der Waals surface area contributed by atoms with Gasteiger partial charge < -0.3 is 9.84 Å². The summed E-state index contributed by atoms with van der Waals surface area (Å²) in [6, 6.07) is 24.2. The molecule has 39 heavy (non-hydrogen) atoms. The summed E-state index contributed by atoms with van der Waals surface area (Å²) in [7, 11) is 0. The standard InChI is InChI=1S/C29H31N5O4S/c1-20(2)17-38-29(37)34(26(28(35)36)19-39-18-22-8-4-3-5-9-22)16-21-12-14-23(15-13-21)24-10-6-7-11-25(24)27-30-32-33-31-27/h3-15,20,26H,16-19H2,1-2H3,(H,35,36)(H,30,31,32,33)/t26-/m0/s1. The number of H-pyrrole nitrogens is 1. The smallest absolute Gasteiger partial charge is 0.410 e. The van der Waals surface area contributed by atoms with Crippen molar-refractivity contribution < 1.29 is 19.4 Å². The molecule has 0 unspecified atom stereocenters. The number of benzene rings is 3. The highest BCUT2D eigenvalue weighted by atomic mass is 32.2. The Labute approximate surface area is 231 Å². The van der Waals surface area contributed by atoms with E-state index in [0.29, 0.717) is 11.6 Å². The van der Waals surface area contributed by atoms with Gasteiger partial charge in [0.1, 0.15) is 6.04 Å². The molecule has 10 heteroatoms. The third kappa shape index (κ3) is 7.67. The molecule has 0 bridgehead atoms. The van der Waals surface area contributed by atoms with E-state index in [0.717, 1.165) is 27.8 Å². The highest BCUT2D eigenvalue weighted by Gasteiger charge is 2.31. The first-order valence-corrected chi connectivity index (χ1v) is 13.8. The molecular formula is C29H31N5O4S. The van der Waals surface area contributed by atoms with Gasteiger partial charge in [-0.2, -0.15) is 11.8 Å². The molecule has 1 atom stereocenters. The lowest BCUT2D eigenvalue weighted by Crippen LogP contribution is -2.46. The van der Waals surface area contributed by atoms with Crippen LogP contribution < -0.4 is 0 Å². The molecule has 0 saturated carbocycles. The van der Waals surface area contributed by atoms with Crippen LogP contribution in [0.3, 0.4) is 0 Å². The van der Waals surface area contributed by atoms with Crippen LogP contribution in [0.15, 0.2) is 78.9 Å². The number of carboxylic acid groups (broad SMARTS) is 1. The summed E-state index contributed by atoms with van der Waals surface area (Å²) >= 11 is 1.47. The molecule has 9 nitrogen and oxygen atoms in total. The Bertz CT molecular complexity index is 1350. The van der Waals surface area contributed by atoms with Gasteiger partial charge in [0.2, 0.25) is 0 Å². The van der Waals surface area contributed by atoms with E-state index >= 15 is 0 Å². The zero-order valence-electron chi connectivity index (χ0n) is 21.9. The zero-order chi connectivity index (χ0) is 27.6. The van der Waals surface area contributed by atoms with Crippen molar-refractivity contribution in [2.75, 3.05) is 12.4 Å². The summed E-state index contributed by atoms with van der Waals surface area (Å²) in [5, 5.41) is 24.2. The lowest BCUT2D eigenvalue weighted by molar-refractivity contribution is -0.142. The van der Waals surface area contributed by atoms with E-state index in [-0.39, 0.29) is 24.8 Å². The number of amides is 1. The number of aliphatic carboxylic acids is 1. The number of carbonyl (C=O) groups excluding carboxylic acids is 1. The first-order valence-electron chi connectivity index (χ1n) is 12.6. The Balaban J connectivity index is 1.53. The number of tetrazole rings is 1. The number of carbonyl (C=O) groups is 2. The summed E-state index contributed by atoms with van der Waals surface area (Å²) in [5.41, 5.74) is 4.62. The van der Waals surface area contributed by atoms with Crippen molar-refractivity contribution in [1.29, 1.82) is 0 Å². The number of aromatic nitrogens is 4. The zero-order valence-corrected chi connectivity index (χ0v) is 22.7. The molecule has 0 radical (unpaired) electrons. The average Bonchev–Trinajstić information content (AvgIpc) is 3.49. The molecular weight excluding hydrogens is 514 g/mol. The summed E-state index contributed by atoms with van der Waals surface area (Å²) in [5.74, 6) is 0.506. The Morgan fingerprint density at radius 3 is 2.28 bits per heavy atom. The van der Waals surface area contributed by atoms with Gasteiger partial charge in [0.25, 0.3) is 0 Å². The quantitative estimate of drug-likeness (QED) is 0.239. The van der Waals surface area contributed by atoms with Crippen LogP contribution >= 0.6 is 11.8 Å². The van der Waals surface area contributed by atoms with Gasteiger partial charge in [-0.1, -0.05) is 92.7 Å². The fourth-order valence-electron chi connectivity index (χ4n) is 3.98. The van der Waals surface area contributed by atoms with E-state index in [1.807, 2.05) is 92.7 Å². The Morgan fingerprint density at radius 2 is 1.64 bits per heavy atom. The molecule has 1 aromatic heterocycles. The van der Waals surface area contributed by atoms with Gasteiger partial charge in [0.15, 0.2) is 5.82 Å². The van der Waals surface area contributed by atoms with Gasteiger partial charge in [0, 0.05) is 23.6 Å². The molecule has 0 saturated heterocycles. The Hall–Kier alpha value is -4.18. The van der Waals surface area contributed by atoms with Crippen LogP contribution in [0.2, 0.25) is 0 Å². The van der Waals surface area contributed by atoms with Crippen molar-refractivity contribution in [3.63, 3.8) is 0 Å². The minimum atomic E-state index is -1.07. The number of thioether (sulfide) groups is 1. The molecule has 2 N–H and O–H groups in total. The molecule has 0 aliphatic heterocycles. The highest BCUT2D eigenvalue weighted by Crippen LogP contribution is 2.30. The first kappa shape index (κ1) is 27.8. The number of ether oxygens (including phenoxy) is 1. The minimum Gasteiger partial charge on any atom is -0.480 e. The maximum Gasteiger partial charge on any atom is 0.410 e. The van der Waals surface area contributed by atoms with Crippen LogP contribution in [0, 0.1) is 5.92 Å². The molecule has 1 amide bonds. The van der Waals surface area contributed by atoms with E-state index in [4.69, 9.17) is 4.74 Å². The Kier molecular flexibility index (Phi) is 9.69. The normalized spacial score (nSPS) is 11.8. The van der Waals surface area contributed by atoms with E-state index in [2.05, 4.69) is 20.6 Å². The maximum atomic E-state index is 13.1. The number of carboxylic acids is 1. The van der Waals surface area contributed by atoms with Gasteiger partial charge in [-0.25, -0.2) is 14.7 Å². The van der Waals surface area contributed by atoms with Gasteiger partial charge in [-0.3, -0.25) is 4.90 Å². The SMILES string of the molecule is CC(C)COC(=O)N(Cc1ccc(-c2ccccc2-c2nnn[nH]2)cc1)[C@@H](CSCc1ccccc1)C(=O)O. The first-order chi connectivity index (χ1) is 18.9. The van der Waals surface area contributed by atoms with Crippen LogP contribution in [-0.4, -0.2) is 61.1 Å². The molecule has 0 aliphatic rings. The van der Waals surface area contributed by atoms with E-state index in [1.54, 1.807) is 0 Å². The average molecular weight is 546 g/mol. The van der Waals surface area contributed by atoms with Gasteiger partial charge >= 0.3 is 12.1 Å². The monoisotopic (exact) mass is 545 g/mol. The van der Waals surface area contributed by atoms with Crippen LogP contribution in [0.5, 0.6) is 0 Å². The largest absolute Gasteiger partial charge is 0.480 e. The summed E-state index contributed by atoms with van der Waals surface area (Å²) < 4.78 is 5.48. The summed E-state index contributed by atoms with van der Waals surface area (Å²) in [4.78, 5) is 26.7. The number of nitrogens with one attached hydrogen (secondary N) is 1. The van der Waals surface area contributed by atoms with E-state index < -0.39 is 18.1 Å². The lowest BCUT2D eigenvalue weighted by Gasteiger charge is -2.28. The fourth-order valence-corrected chi connectivity index (χ4v) is 5.07. The number of aromatic amines is 1. The Morgan fingerprint density at radius 1 is 0.949 bits per heavy atom. The summed E-state index contributed by atoms with van der Waals surface area (Å²) in [6.45, 7) is 4.19. The molecule has 4 aromatic rings. The number of hydrogen-bond acceptors (Lipinski definition) is 7. The third-order valence-electron chi connectivity index (χ3n) is 5.97. The second kappa shape index (κ2) is 13.6. The van der Waals surface area contributed by atoms with Crippen LogP contribution in [0.1, 0.15) is 25.0 Å². The van der Waals surface area contributed by atoms with Crippen molar-refractivity contribution in [2.45, 2.75) is 32.2 Å². The maximum absolute atomic E-state index is 13.1. The van der Waals surface area contributed by atoms with Crippen molar-refractivity contribution in [2.24, 2.45) is 5.92 Å². The molecule has 0 fully saturated rings. The van der Waals surface area contributed by atoms with Crippen LogP contribution in [0.25, 0.3) is 22.5 Å².